The van der Waals surface area contributed by atoms with Crippen LogP contribution in [0.1, 0.15) is 12.8 Å². The number of aromatic nitrogens is 1. The quantitative estimate of drug-likeness (QED) is 0.372. The first kappa shape index (κ1) is 20.0. The second-order valence-corrected chi connectivity index (χ2v) is 8.42. The molecular weight excluding hydrogens is 394 g/mol. The summed E-state index contributed by atoms with van der Waals surface area (Å²) in [4.78, 5) is 18.9. The standard InChI is InChI=1S/C24H23N3O2S/c1-26(14-6-9-24(28)29)18-10-12-20-22(15-18)30-23-16-19(11-13-21(23)25-20)27(2)17-7-4-3-5-8-17/h3-5,7-8,10-13,15-16H,6,9,14H2,1-2H3/p+1. The zero-order valence-electron chi connectivity index (χ0n) is 17.1. The molecule has 0 atom stereocenters. The molecular formula is C24H24N3O2S+. The number of carboxylic acid groups (broad SMARTS) is 1. The van der Waals surface area contributed by atoms with Gasteiger partial charge in [0.25, 0.3) is 0 Å². The van der Waals surface area contributed by atoms with Crippen molar-refractivity contribution in [3.63, 3.8) is 0 Å². The number of fused-ring (bicyclic) bond motifs is 2. The Hall–Kier alpha value is -3.25. The number of para-hydroxylation sites is 1. The maximum Gasteiger partial charge on any atom is 0.303 e. The summed E-state index contributed by atoms with van der Waals surface area (Å²) >= 11 is 1.73. The Labute approximate surface area is 179 Å². The summed E-state index contributed by atoms with van der Waals surface area (Å²) in [5.74, 6) is -0.754. The first-order chi connectivity index (χ1) is 14.5. The minimum Gasteiger partial charge on any atom is -0.481 e. The van der Waals surface area contributed by atoms with E-state index < -0.39 is 5.97 Å². The maximum absolute atomic E-state index is 10.8. The van der Waals surface area contributed by atoms with Gasteiger partial charge in [0.15, 0.2) is 0 Å². The second kappa shape index (κ2) is 8.63. The topological polar surface area (TPSA) is 56.4 Å². The van der Waals surface area contributed by atoms with Crippen LogP contribution < -0.4 is 14.8 Å². The molecule has 0 saturated carbocycles. The lowest BCUT2D eigenvalue weighted by Crippen LogP contribution is -2.27. The molecule has 4 rings (SSSR count). The molecule has 1 heterocycles. The van der Waals surface area contributed by atoms with Gasteiger partial charge in [0.05, 0.1) is 27.2 Å². The summed E-state index contributed by atoms with van der Waals surface area (Å²) in [6.07, 6.45) is 0.808. The molecule has 0 bridgehead atoms. The van der Waals surface area contributed by atoms with Crippen LogP contribution in [-0.2, 0) is 4.79 Å². The lowest BCUT2D eigenvalue weighted by molar-refractivity contribution is -0.137. The third-order valence-corrected chi connectivity index (χ3v) is 6.30. The minimum atomic E-state index is -0.754. The van der Waals surface area contributed by atoms with Gasteiger partial charge in [-0.2, -0.15) is 0 Å². The van der Waals surface area contributed by atoms with Crippen LogP contribution in [0.15, 0.2) is 66.7 Å². The molecule has 1 N–H and O–H groups in total. The van der Waals surface area contributed by atoms with Crippen molar-refractivity contribution in [1.29, 1.82) is 0 Å². The van der Waals surface area contributed by atoms with Crippen LogP contribution in [0.3, 0.4) is 0 Å². The molecule has 152 valence electrons. The van der Waals surface area contributed by atoms with E-state index in [9.17, 15) is 4.79 Å². The Kier molecular flexibility index (Phi) is 5.77. The van der Waals surface area contributed by atoms with Crippen molar-refractivity contribution < 1.29 is 9.90 Å². The van der Waals surface area contributed by atoms with Gasteiger partial charge in [-0.1, -0.05) is 18.2 Å². The molecule has 2 aliphatic rings. The highest BCUT2D eigenvalue weighted by Crippen LogP contribution is 2.33. The fourth-order valence-electron chi connectivity index (χ4n) is 3.45. The summed E-state index contributed by atoms with van der Waals surface area (Å²) < 4.78 is 3.23. The minimum absolute atomic E-state index is 0.185. The number of nitrogens with zero attached hydrogens (tertiary/aromatic N) is 3. The Morgan fingerprint density at radius 3 is 2.63 bits per heavy atom. The number of aliphatic carboxylic acids is 1. The smallest absolute Gasteiger partial charge is 0.303 e. The summed E-state index contributed by atoms with van der Waals surface area (Å²) in [5, 5.41) is 9.92. The number of carboxylic acids is 1. The van der Waals surface area contributed by atoms with E-state index in [0.717, 1.165) is 37.5 Å². The van der Waals surface area contributed by atoms with E-state index in [1.54, 1.807) is 11.3 Å². The van der Waals surface area contributed by atoms with Crippen LogP contribution >= 0.6 is 11.3 Å². The molecule has 0 saturated heterocycles. The molecule has 30 heavy (non-hydrogen) atoms. The van der Waals surface area contributed by atoms with E-state index in [0.29, 0.717) is 13.0 Å². The third-order valence-electron chi connectivity index (χ3n) is 5.20. The highest BCUT2D eigenvalue weighted by Gasteiger charge is 2.12. The van der Waals surface area contributed by atoms with E-state index in [1.807, 2.05) is 37.4 Å². The molecule has 0 amide bonds. The van der Waals surface area contributed by atoms with E-state index in [2.05, 4.69) is 52.9 Å². The highest BCUT2D eigenvalue weighted by atomic mass is 32.1. The molecule has 0 radical (unpaired) electrons. The van der Waals surface area contributed by atoms with Crippen LogP contribution in [0.5, 0.6) is 0 Å². The average molecular weight is 419 g/mol. The molecule has 1 aliphatic carbocycles. The average Bonchev–Trinajstić information content (AvgIpc) is 2.76. The van der Waals surface area contributed by atoms with Gasteiger partial charge < -0.3 is 10.0 Å². The molecule has 5 nitrogen and oxygen atoms in total. The molecule has 2 aromatic carbocycles. The molecule has 2 aromatic rings. The van der Waals surface area contributed by atoms with E-state index in [-0.39, 0.29) is 6.42 Å². The third kappa shape index (κ3) is 4.33. The lowest BCUT2D eigenvalue weighted by Gasteiger charge is -2.20. The summed E-state index contributed by atoms with van der Waals surface area (Å²) in [5.41, 5.74) is 4.22. The SMILES string of the molecule is CN(c1ccccc1)c1ccc2nc3ccc(=[N+](C)CCCC(=O)O)cc-3sc2c1. The van der Waals surface area contributed by atoms with Crippen molar-refractivity contribution in [1.82, 2.24) is 9.56 Å². The first-order valence-electron chi connectivity index (χ1n) is 9.90. The van der Waals surface area contributed by atoms with Gasteiger partial charge in [-0.05, 0) is 36.4 Å². The van der Waals surface area contributed by atoms with Crippen molar-refractivity contribution >= 4 is 38.9 Å². The Bertz CT molecular complexity index is 1230. The number of benzene rings is 3. The van der Waals surface area contributed by atoms with Gasteiger partial charge in [0.1, 0.15) is 13.6 Å². The lowest BCUT2D eigenvalue weighted by atomic mass is 10.2. The maximum atomic E-state index is 10.8. The summed E-state index contributed by atoms with van der Waals surface area (Å²) in [7, 11) is 4.06. The number of carbonyl (C=O) groups is 1. The molecule has 0 spiro atoms. The zero-order valence-corrected chi connectivity index (χ0v) is 17.9. The highest BCUT2D eigenvalue weighted by molar-refractivity contribution is 7.21. The van der Waals surface area contributed by atoms with Gasteiger partial charge in [0.2, 0.25) is 5.36 Å². The van der Waals surface area contributed by atoms with Crippen LogP contribution in [0.25, 0.3) is 20.8 Å². The van der Waals surface area contributed by atoms with Crippen molar-refractivity contribution in [2.75, 3.05) is 25.5 Å². The molecule has 0 fully saturated rings. The molecule has 6 heteroatoms. The van der Waals surface area contributed by atoms with Gasteiger partial charge >= 0.3 is 5.97 Å². The fourth-order valence-corrected chi connectivity index (χ4v) is 4.48. The largest absolute Gasteiger partial charge is 0.481 e. The van der Waals surface area contributed by atoms with Crippen molar-refractivity contribution in [2.45, 2.75) is 12.8 Å². The monoisotopic (exact) mass is 418 g/mol. The van der Waals surface area contributed by atoms with Gasteiger partial charge in [-0.25, -0.2) is 9.56 Å². The number of hydrogen-bond acceptors (Lipinski definition) is 4. The van der Waals surface area contributed by atoms with Gasteiger partial charge in [0, 0.05) is 37.0 Å². The van der Waals surface area contributed by atoms with E-state index in [4.69, 9.17) is 10.1 Å². The molecule has 0 aromatic heterocycles. The van der Waals surface area contributed by atoms with E-state index >= 15 is 0 Å². The molecule has 1 aliphatic heterocycles. The summed E-state index contributed by atoms with van der Waals surface area (Å²) in [6, 6.07) is 22.9. The van der Waals surface area contributed by atoms with E-state index in [1.165, 1.54) is 0 Å². The van der Waals surface area contributed by atoms with Crippen molar-refractivity contribution in [3.05, 3.63) is 72.1 Å². The molecule has 0 unspecified atom stereocenters. The number of hydrogen-bond donors (Lipinski definition) is 1. The van der Waals surface area contributed by atoms with Crippen LogP contribution in [0.2, 0.25) is 0 Å². The normalized spacial score (nSPS) is 12.2. The Balaban J connectivity index is 1.71. The number of anilines is 2. The predicted octanol–water partition coefficient (Wildman–Crippen LogP) is 4.44. The fraction of sp³-hybridized carbons (Fsp3) is 0.208. The van der Waals surface area contributed by atoms with Gasteiger partial charge in [-0.3, -0.25) is 4.79 Å². The Morgan fingerprint density at radius 2 is 1.87 bits per heavy atom. The second-order valence-electron chi connectivity index (χ2n) is 7.33. The van der Waals surface area contributed by atoms with Crippen LogP contribution in [-0.4, -0.2) is 36.7 Å². The summed E-state index contributed by atoms with van der Waals surface area (Å²) in [6.45, 7) is 0.704. The first-order valence-corrected chi connectivity index (χ1v) is 10.7. The van der Waals surface area contributed by atoms with Crippen LogP contribution in [0.4, 0.5) is 11.4 Å². The van der Waals surface area contributed by atoms with Crippen molar-refractivity contribution in [2.24, 2.45) is 0 Å². The number of rotatable bonds is 6. The zero-order chi connectivity index (χ0) is 21.1. The van der Waals surface area contributed by atoms with Crippen LogP contribution in [0, 0.1) is 0 Å². The predicted molar refractivity (Wildman–Crippen MR) is 124 cm³/mol. The Morgan fingerprint density at radius 1 is 1.07 bits per heavy atom. The van der Waals surface area contributed by atoms with Crippen molar-refractivity contribution in [3.8, 4) is 10.6 Å². The van der Waals surface area contributed by atoms with Gasteiger partial charge in [-0.15, -0.1) is 11.3 Å².